The maximum absolute atomic E-state index is 5.84. The quantitative estimate of drug-likeness (QED) is 0.782. The number of alkyl halides is 1. The van der Waals surface area contributed by atoms with Crippen molar-refractivity contribution >= 4 is 33.2 Å². The molecule has 0 atom stereocenters. The van der Waals surface area contributed by atoms with Gasteiger partial charge in [0.25, 0.3) is 0 Å². The Labute approximate surface area is 121 Å². The number of rotatable bonds is 4. The van der Waals surface area contributed by atoms with E-state index in [1.54, 1.807) is 0 Å². The molecule has 0 radical (unpaired) electrons. The summed E-state index contributed by atoms with van der Waals surface area (Å²) in [6.45, 7) is 0.785. The predicted molar refractivity (Wildman–Crippen MR) is 80.0 cm³/mol. The molecule has 0 aliphatic carbocycles. The van der Waals surface area contributed by atoms with E-state index in [-0.39, 0.29) is 0 Å². The third-order valence-corrected chi connectivity index (χ3v) is 3.77. The summed E-state index contributed by atoms with van der Waals surface area (Å²) in [4.78, 5) is 6.48. The Hall–Kier alpha value is -1.06. The van der Waals surface area contributed by atoms with E-state index in [4.69, 9.17) is 11.6 Å². The molecule has 18 heavy (non-hydrogen) atoms. The second-order valence-electron chi connectivity index (χ2n) is 4.09. The molecule has 0 bridgehead atoms. The van der Waals surface area contributed by atoms with Crippen LogP contribution in [0.2, 0.25) is 0 Å². The van der Waals surface area contributed by atoms with Gasteiger partial charge in [-0.2, -0.15) is 0 Å². The minimum atomic E-state index is 0.519. The van der Waals surface area contributed by atoms with Crippen LogP contribution in [0.15, 0.2) is 47.1 Å². The van der Waals surface area contributed by atoms with Crippen LogP contribution in [-0.2, 0) is 12.4 Å². The van der Waals surface area contributed by atoms with Crippen LogP contribution in [0, 0.1) is 0 Å². The average Bonchev–Trinajstić information content (AvgIpc) is 2.39. The van der Waals surface area contributed by atoms with E-state index in [1.165, 1.54) is 0 Å². The standard InChI is InChI=1S/C14H14BrClN2/c1-18(10-12-4-2-3-7-17-12)13-6-5-11(9-16)14(15)8-13/h2-8H,9-10H2,1H3. The molecule has 2 nitrogen and oxygen atoms in total. The van der Waals surface area contributed by atoms with Gasteiger partial charge in [0.1, 0.15) is 0 Å². The summed E-state index contributed by atoms with van der Waals surface area (Å²) in [5.74, 6) is 0.519. The number of halogens is 2. The Morgan fingerprint density at radius 3 is 2.72 bits per heavy atom. The van der Waals surface area contributed by atoms with E-state index in [0.717, 1.165) is 28.0 Å². The highest BCUT2D eigenvalue weighted by Gasteiger charge is 2.05. The molecule has 2 aromatic rings. The topological polar surface area (TPSA) is 16.1 Å². The summed E-state index contributed by atoms with van der Waals surface area (Å²) in [6.07, 6.45) is 1.82. The monoisotopic (exact) mass is 324 g/mol. The van der Waals surface area contributed by atoms with E-state index in [2.05, 4.69) is 45.0 Å². The lowest BCUT2D eigenvalue weighted by Crippen LogP contribution is -2.17. The highest BCUT2D eigenvalue weighted by atomic mass is 79.9. The van der Waals surface area contributed by atoms with Crippen LogP contribution < -0.4 is 4.90 Å². The molecule has 0 fully saturated rings. The van der Waals surface area contributed by atoms with Crippen LogP contribution in [-0.4, -0.2) is 12.0 Å². The lowest BCUT2D eigenvalue weighted by molar-refractivity contribution is 0.884. The van der Waals surface area contributed by atoms with Crippen LogP contribution in [0.1, 0.15) is 11.3 Å². The first kappa shape index (κ1) is 13.4. The van der Waals surface area contributed by atoms with Crippen molar-refractivity contribution < 1.29 is 0 Å². The summed E-state index contributed by atoms with van der Waals surface area (Å²) in [7, 11) is 2.05. The third kappa shape index (κ3) is 3.24. The van der Waals surface area contributed by atoms with Gasteiger partial charge in [-0.05, 0) is 29.8 Å². The van der Waals surface area contributed by atoms with Crippen molar-refractivity contribution in [3.05, 3.63) is 58.3 Å². The molecule has 94 valence electrons. The van der Waals surface area contributed by atoms with Gasteiger partial charge < -0.3 is 4.90 Å². The molecule has 0 spiro atoms. The minimum absolute atomic E-state index is 0.519. The van der Waals surface area contributed by atoms with Crippen molar-refractivity contribution in [2.24, 2.45) is 0 Å². The zero-order valence-corrected chi connectivity index (χ0v) is 12.4. The molecule has 1 aromatic carbocycles. The number of pyridine rings is 1. The summed E-state index contributed by atoms with van der Waals surface area (Å²) in [5, 5.41) is 0. The SMILES string of the molecule is CN(Cc1ccccn1)c1ccc(CCl)c(Br)c1. The van der Waals surface area contributed by atoms with Gasteiger partial charge in [0.2, 0.25) is 0 Å². The molecule has 0 amide bonds. The Morgan fingerprint density at radius 1 is 1.28 bits per heavy atom. The summed E-state index contributed by atoms with van der Waals surface area (Å²) >= 11 is 9.37. The minimum Gasteiger partial charge on any atom is -0.369 e. The van der Waals surface area contributed by atoms with E-state index < -0.39 is 0 Å². The molecule has 4 heteroatoms. The lowest BCUT2D eigenvalue weighted by atomic mass is 10.2. The molecular weight excluding hydrogens is 312 g/mol. The fraction of sp³-hybridized carbons (Fsp3) is 0.214. The largest absolute Gasteiger partial charge is 0.369 e. The van der Waals surface area contributed by atoms with Crippen molar-refractivity contribution in [3.8, 4) is 0 Å². The molecule has 0 saturated carbocycles. The van der Waals surface area contributed by atoms with Gasteiger partial charge in [0, 0.05) is 29.3 Å². The van der Waals surface area contributed by atoms with Gasteiger partial charge in [0.05, 0.1) is 12.2 Å². The Kier molecular flexibility index (Phi) is 4.61. The first-order chi connectivity index (χ1) is 8.70. The van der Waals surface area contributed by atoms with Crippen LogP contribution in [0.3, 0.4) is 0 Å². The number of hydrogen-bond acceptors (Lipinski definition) is 2. The smallest absolute Gasteiger partial charge is 0.0598 e. The number of hydrogen-bond donors (Lipinski definition) is 0. The fourth-order valence-corrected chi connectivity index (χ4v) is 2.61. The number of aromatic nitrogens is 1. The summed E-state index contributed by atoms with van der Waals surface area (Å²) in [6, 6.07) is 12.2. The molecule has 1 heterocycles. The van der Waals surface area contributed by atoms with E-state index >= 15 is 0 Å². The highest BCUT2D eigenvalue weighted by molar-refractivity contribution is 9.10. The molecule has 0 aliphatic rings. The molecule has 0 N–H and O–H groups in total. The lowest BCUT2D eigenvalue weighted by Gasteiger charge is -2.19. The Balaban J connectivity index is 2.14. The van der Waals surface area contributed by atoms with Crippen LogP contribution >= 0.6 is 27.5 Å². The van der Waals surface area contributed by atoms with Gasteiger partial charge in [-0.25, -0.2) is 0 Å². The average molecular weight is 326 g/mol. The second kappa shape index (κ2) is 6.21. The van der Waals surface area contributed by atoms with Gasteiger partial charge in [0.15, 0.2) is 0 Å². The molecule has 2 rings (SSSR count). The maximum Gasteiger partial charge on any atom is 0.0598 e. The molecule has 0 unspecified atom stereocenters. The number of nitrogens with zero attached hydrogens (tertiary/aromatic N) is 2. The molecular formula is C14H14BrClN2. The molecule has 0 saturated heterocycles. The normalized spacial score (nSPS) is 10.4. The van der Waals surface area contributed by atoms with E-state index in [0.29, 0.717) is 5.88 Å². The van der Waals surface area contributed by atoms with Crippen LogP contribution in [0.25, 0.3) is 0 Å². The van der Waals surface area contributed by atoms with Crippen molar-refractivity contribution in [3.63, 3.8) is 0 Å². The maximum atomic E-state index is 5.84. The Bertz CT molecular complexity index is 516. The Morgan fingerprint density at radius 2 is 2.11 bits per heavy atom. The van der Waals surface area contributed by atoms with Crippen molar-refractivity contribution in [1.29, 1.82) is 0 Å². The predicted octanol–water partition coefficient (Wildman–Crippen LogP) is 4.22. The number of anilines is 1. The first-order valence-electron chi connectivity index (χ1n) is 5.66. The van der Waals surface area contributed by atoms with Gasteiger partial charge >= 0.3 is 0 Å². The third-order valence-electron chi connectivity index (χ3n) is 2.75. The van der Waals surface area contributed by atoms with Crippen molar-refractivity contribution in [2.45, 2.75) is 12.4 Å². The first-order valence-corrected chi connectivity index (χ1v) is 6.99. The summed E-state index contributed by atoms with van der Waals surface area (Å²) < 4.78 is 1.04. The number of benzene rings is 1. The fourth-order valence-electron chi connectivity index (χ4n) is 1.71. The molecule has 1 aromatic heterocycles. The van der Waals surface area contributed by atoms with Crippen LogP contribution in [0.4, 0.5) is 5.69 Å². The van der Waals surface area contributed by atoms with Gasteiger partial charge in [-0.3, -0.25) is 4.98 Å². The van der Waals surface area contributed by atoms with E-state index in [9.17, 15) is 0 Å². The van der Waals surface area contributed by atoms with E-state index in [1.807, 2.05) is 30.5 Å². The van der Waals surface area contributed by atoms with Crippen molar-refractivity contribution in [1.82, 2.24) is 4.98 Å². The molecule has 0 aliphatic heterocycles. The zero-order valence-electron chi connectivity index (χ0n) is 10.1. The summed E-state index contributed by atoms with van der Waals surface area (Å²) in [5.41, 5.74) is 3.30. The highest BCUT2D eigenvalue weighted by Crippen LogP contribution is 2.25. The second-order valence-corrected chi connectivity index (χ2v) is 5.21. The van der Waals surface area contributed by atoms with Crippen LogP contribution in [0.5, 0.6) is 0 Å². The van der Waals surface area contributed by atoms with Crippen molar-refractivity contribution in [2.75, 3.05) is 11.9 Å². The van der Waals surface area contributed by atoms with Gasteiger partial charge in [-0.15, -0.1) is 11.6 Å². The zero-order chi connectivity index (χ0) is 13.0. The van der Waals surface area contributed by atoms with Gasteiger partial charge in [-0.1, -0.05) is 28.1 Å².